The minimum Gasteiger partial charge on any atom is -0.493 e. The van der Waals surface area contributed by atoms with Crippen LogP contribution in [0.4, 0.5) is 0 Å². The van der Waals surface area contributed by atoms with E-state index in [2.05, 4.69) is 30.0 Å². The first kappa shape index (κ1) is 21.5. The summed E-state index contributed by atoms with van der Waals surface area (Å²) < 4.78 is 5.81. The molecule has 0 radical (unpaired) electrons. The van der Waals surface area contributed by atoms with E-state index in [-0.39, 0.29) is 11.9 Å². The molecule has 0 spiro atoms. The molecule has 2 fully saturated rings. The van der Waals surface area contributed by atoms with Crippen molar-refractivity contribution in [2.45, 2.75) is 64.0 Å². The fourth-order valence-corrected chi connectivity index (χ4v) is 5.44. The molecule has 4 heteroatoms. The van der Waals surface area contributed by atoms with Crippen LogP contribution in [0.25, 0.3) is 0 Å². The Morgan fingerprint density at radius 2 is 1.88 bits per heavy atom. The molecule has 1 amide bonds. The van der Waals surface area contributed by atoms with Gasteiger partial charge in [-0.25, -0.2) is 0 Å². The van der Waals surface area contributed by atoms with Crippen LogP contribution < -0.4 is 4.74 Å². The van der Waals surface area contributed by atoms with Gasteiger partial charge in [0.2, 0.25) is 0 Å². The Kier molecular flexibility index (Phi) is 6.23. The number of rotatable bonds is 7. The van der Waals surface area contributed by atoms with E-state index < -0.39 is 0 Å². The van der Waals surface area contributed by atoms with Gasteiger partial charge in [-0.15, -0.1) is 0 Å². The predicted molar refractivity (Wildman–Crippen MR) is 128 cm³/mol. The van der Waals surface area contributed by atoms with Crippen LogP contribution in [0, 0.1) is 5.92 Å². The van der Waals surface area contributed by atoms with Gasteiger partial charge in [-0.05, 0) is 105 Å². The normalized spacial score (nSPS) is 23.1. The van der Waals surface area contributed by atoms with Crippen LogP contribution in [0.15, 0.2) is 42.5 Å². The zero-order valence-electron chi connectivity index (χ0n) is 19.6. The summed E-state index contributed by atoms with van der Waals surface area (Å²) in [5, 5.41) is 0. The van der Waals surface area contributed by atoms with E-state index in [1.165, 1.54) is 48.9 Å². The van der Waals surface area contributed by atoms with Crippen molar-refractivity contribution < 1.29 is 9.53 Å². The maximum Gasteiger partial charge on any atom is 0.253 e. The van der Waals surface area contributed by atoms with E-state index in [0.717, 1.165) is 49.6 Å². The lowest BCUT2D eigenvalue weighted by atomic mass is 9.85. The lowest BCUT2D eigenvalue weighted by Gasteiger charge is -2.33. The standard InChI is InChI=1S/C28H36N2O2/c1-3-30-16-4-5-27(30)24-9-8-23-18-25(13-10-22(23)17-24)29(2)28(31)21-11-14-26(15-12-21)32-19-20-6-7-20/h8-9,11-12,14-15,17,20,25,27H,3-7,10,13,16,18-19H2,1-2H3/t25-,27+/m0/s1. The molecule has 5 rings (SSSR count). The van der Waals surface area contributed by atoms with Crippen LogP contribution >= 0.6 is 0 Å². The van der Waals surface area contributed by atoms with Gasteiger partial charge in [-0.2, -0.15) is 0 Å². The zero-order chi connectivity index (χ0) is 22.1. The average Bonchev–Trinajstić information content (AvgIpc) is 3.55. The molecule has 3 aliphatic rings. The van der Waals surface area contributed by atoms with Gasteiger partial charge in [0, 0.05) is 24.7 Å². The maximum atomic E-state index is 13.1. The second-order valence-corrected chi connectivity index (χ2v) is 9.91. The number of benzene rings is 2. The number of fused-ring (bicyclic) bond motifs is 1. The van der Waals surface area contributed by atoms with E-state index in [9.17, 15) is 4.79 Å². The third-order valence-electron chi connectivity index (χ3n) is 7.74. The summed E-state index contributed by atoms with van der Waals surface area (Å²) in [4.78, 5) is 17.7. The van der Waals surface area contributed by atoms with Gasteiger partial charge >= 0.3 is 0 Å². The molecule has 0 bridgehead atoms. The van der Waals surface area contributed by atoms with Crippen molar-refractivity contribution in [2.24, 2.45) is 5.92 Å². The highest BCUT2D eigenvalue weighted by atomic mass is 16.5. The largest absolute Gasteiger partial charge is 0.493 e. The van der Waals surface area contributed by atoms with Crippen molar-refractivity contribution in [2.75, 3.05) is 26.7 Å². The fraction of sp³-hybridized carbons (Fsp3) is 0.536. The molecule has 2 aromatic rings. The average molecular weight is 433 g/mol. The molecule has 4 nitrogen and oxygen atoms in total. The fourth-order valence-electron chi connectivity index (χ4n) is 5.44. The number of amides is 1. The number of likely N-dealkylation sites (tertiary alicyclic amines) is 1. The van der Waals surface area contributed by atoms with E-state index in [0.29, 0.717) is 6.04 Å². The van der Waals surface area contributed by atoms with Crippen molar-refractivity contribution in [3.05, 3.63) is 64.7 Å². The molecule has 1 saturated carbocycles. The third-order valence-corrected chi connectivity index (χ3v) is 7.74. The molecule has 2 aromatic carbocycles. The summed E-state index contributed by atoms with van der Waals surface area (Å²) in [5.41, 5.74) is 5.12. The van der Waals surface area contributed by atoms with E-state index in [1.54, 1.807) is 0 Å². The van der Waals surface area contributed by atoms with Crippen molar-refractivity contribution in [1.29, 1.82) is 0 Å². The predicted octanol–water partition coefficient (Wildman–Crippen LogP) is 5.26. The quantitative estimate of drug-likeness (QED) is 0.598. The molecule has 1 aliphatic heterocycles. The number of hydrogen-bond donors (Lipinski definition) is 0. The second-order valence-electron chi connectivity index (χ2n) is 9.91. The molecule has 1 saturated heterocycles. The molecule has 2 atom stereocenters. The zero-order valence-corrected chi connectivity index (χ0v) is 19.6. The van der Waals surface area contributed by atoms with E-state index in [4.69, 9.17) is 4.74 Å². The Labute approximate surface area is 192 Å². The second kappa shape index (κ2) is 9.27. The summed E-state index contributed by atoms with van der Waals surface area (Å²) in [6.45, 7) is 5.42. The Morgan fingerprint density at radius 3 is 2.62 bits per heavy atom. The molecule has 0 N–H and O–H groups in total. The lowest BCUT2D eigenvalue weighted by molar-refractivity contribution is 0.0719. The Bertz CT molecular complexity index is 950. The van der Waals surface area contributed by atoms with Gasteiger partial charge in [0.1, 0.15) is 5.75 Å². The van der Waals surface area contributed by atoms with Gasteiger partial charge in [0.25, 0.3) is 5.91 Å². The minimum atomic E-state index is 0.105. The first-order chi connectivity index (χ1) is 15.6. The minimum absolute atomic E-state index is 0.105. The van der Waals surface area contributed by atoms with Crippen molar-refractivity contribution in [3.63, 3.8) is 0 Å². The molecular weight excluding hydrogens is 396 g/mol. The van der Waals surface area contributed by atoms with Gasteiger partial charge in [-0.1, -0.05) is 25.1 Å². The number of carbonyl (C=O) groups excluding carboxylic acids is 1. The first-order valence-electron chi connectivity index (χ1n) is 12.5. The topological polar surface area (TPSA) is 32.8 Å². The van der Waals surface area contributed by atoms with Crippen molar-refractivity contribution in [1.82, 2.24) is 9.80 Å². The Balaban J connectivity index is 1.22. The van der Waals surface area contributed by atoms with Crippen molar-refractivity contribution >= 4 is 5.91 Å². The van der Waals surface area contributed by atoms with Crippen LogP contribution in [0.5, 0.6) is 5.75 Å². The Hall–Kier alpha value is -2.33. The van der Waals surface area contributed by atoms with Crippen LogP contribution in [-0.2, 0) is 12.8 Å². The first-order valence-corrected chi connectivity index (χ1v) is 12.5. The van der Waals surface area contributed by atoms with Gasteiger partial charge in [0.15, 0.2) is 0 Å². The number of nitrogens with zero attached hydrogens (tertiary/aromatic N) is 2. The summed E-state index contributed by atoms with van der Waals surface area (Å²) in [6, 6.07) is 15.6. The number of carbonyl (C=O) groups is 1. The highest BCUT2D eigenvalue weighted by molar-refractivity contribution is 5.94. The van der Waals surface area contributed by atoms with Crippen LogP contribution in [0.2, 0.25) is 0 Å². The molecule has 170 valence electrons. The number of hydrogen-bond acceptors (Lipinski definition) is 3. The highest BCUT2D eigenvalue weighted by Crippen LogP contribution is 2.34. The summed E-state index contributed by atoms with van der Waals surface area (Å²) >= 11 is 0. The number of ether oxygens (including phenoxy) is 1. The molecule has 0 unspecified atom stereocenters. The summed E-state index contributed by atoms with van der Waals surface area (Å²) in [7, 11) is 1.96. The van der Waals surface area contributed by atoms with Gasteiger partial charge in [-0.3, -0.25) is 9.69 Å². The maximum absolute atomic E-state index is 13.1. The van der Waals surface area contributed by atoms with E-state index in [1.807, 2.05) is 36.2 Å². The molecule has 2 aliphatic carbocycles. The monoisotopic (exact) mass is 432 g/mol. The smallest absolute Gasteiger partial charge is 0.253 e. The summed E-state index contributed by atoms with van der Waals surface area (Å²) in [6.07, 6.45) is 8.18. The van der Waals surface area contributed by atoms with Gasteiger partial charge in [0.05, 0.1) is 6.61 Å². The summed E-state index contributed by atoms with van der Waals surface area (Å²) in [5.74, 6) is 1.70. The Morgan fingerprint density at radius 1 is 1.06 bits per heavy atom. The number of aryl methyl sites for hydroxylation is 1. The molecule has 0 aromatic heterocycles. The van der Waals surface area contributed by atoms with Crippen LogP contribution in [-0.4, -0.2) is 48.5 Å². The lowest BCUT2D eigenvalue weighted by Crippen LogP contribution is -2.40. The molecular formula is C28H36N2O2. The SMILES string of the molecule is CCN1CCC[C@@H]1c1ccc2c(c1)CC[C@H](N(C)C(=O)c1ccc(OCC3CC3)cc1)C2. The third kappa shape index (κ3) is 4.56. The number of likely N-dealkylation sites (N-methyl/N-ethyl adjacent to an activating group) is 1. The van der Waals surface area contributed by atoms with E-state index >= 15 is 0 Å². The highest BCUT2D eigenvalue weighted by Gasteiger charge is 2.29. The van der Waals surface area contributed by atoms with Crippen molar-refractivity contribution in [3.8, 4) is 5.75 Å². The molecule has 1 heterocycles. The van der Waals surface area contributed by atoms with Crippen LogP contribution in [0.3, 0.4) is 0 Å². The van der Waals surface area contributed by atoms with Gasteiger partial charge < -0.3 is 9.64 Å². The molecule has 32 heavy (non-hydrogen) atoms. The van der Waals surface area contributed by atoms with Crippen LogP contribution in [0.1, 0.15) is 72.1 Å².